The van der Waals surface area contributed by atoms with E-state index in [1.807, 2.05) is 19.1 Å². The van der Waals surface area contributed by atoms with Gasteiger partial charge in [-0.25, -0.2) is 4.79 Å². The van der Waals surface area contributed by atoms with Gasteiger partial charge in [0.25, 0.3) is 0 Å². The van der Waals surface area contributed by atoms with Crippen molar-refractivity contribution in [1.29, 1.82) is 0 Å². The van der Waals surface area contributed by atoms with Crippen LogP contribution < -0.4 is 5.32 Å². The van der Waals surface area contributed by atoms with Gasteiger partial charge in [0, 0.05) is 18.5 Å². The molecule has 0 saturated heterocycles. The van der Waals surface area contributed by atoms with Crippen LogP contribution in [0.5, 0.6) is 0 Å². The number of carbonyl (C=O) groups is 1. The average Bonchev–Trinajstić information content (AvgIpc) is 2.60. The number of rotatable bonds is 4. The fraction of sp³-hybridized carbons (Fsp3) is 0.500. The van der Waals surface area contributed by atoms with Crippen molar-refractivity contribution in [3.63, 3.8) is 0 Å². The van der Waals surface area contributed by atoms with Crippen LogP contribution in [0.4, 0.5) is 4.79 Å². The zero-order valence-electron chi connectivity index (χ0n) is 8.92. The SMILES string of the molecule is CCCNC(=O)N(C)Cc1ccc(Cl)s1. The lowest BCUT2D eigenvalue weighted by Gasteiger charge is -2.16. The largest absolute Gasteiger partial charge is 0.338 e. The molecular formula is C10H15ClN2OS. The number of thiophene rings is 1. The lowest BCUT2D eigenvalue weighted by atomic mass is 10.4. The van der Waals surface area contributed by atoms with Crippen LogP contribution >= 0.6 is 22.9 Å². The molecule has 0 atom stereocenters. The Morgan fingerprint density at radius 1 is 1.60 bits per heavy atom. The van der Waals surface area contributed by atoms with Crippen molar-refractivity contribution in [2.75, 3.05) is 13.6 Å². The summed E-state index contributed by atoms with van der Waals surface area (Å²) in [6, 6.07) is 3.75. The van der Waals surface area contributed by atoms with Crippen molar-refractivity contribution in [2.24, 2.45) is 0 Å². The first kappa shape index (κ1) is 12.3. The molecule has 0 aromatic carbocycles. The normalized spacial score (nSPS) is 10.1. The molecule has 1 aromatic rings. The maximum atomic E-state index is 11.5. The maximum absolute atomic E-state index is 11.5. The Hall–Kier alpha value is -0.740. The van der Waals surface area contributed by atoms with E-state index in [0.717, 1.165) is 15.6 Å². The van der Waals surface area contributed by atoms with Crippen LogP contribution in [0.3, 0.4) is 0 Å². The van der Waals surface area contributed by atoms with Gasteiger partial charge in [-0.05, 0) is 18.6 Å². The van der Waals surface area contributed by atoms with Crippen LogP contribution in [0.1, 0.15) is 18.2 Å². The highest BCUT2D eigenvalue weighted by atomic mass is 35.5. The minimum atomic E-state index is -0.0404. The van der Waals surface area contributed by atoms with Gasteiger partial charge in [-0.1, -0.05) is 18.5 Å². The zero-order chi connectivity index (χ0) is 11.3. The molecule has 84 valence electrons. The third-order valence-electron chi connectivity index (χ3n) is 1.89. The second-order valence-electron chi connectivity index (χ2n) is 3.29. The molecule has 1 aromatic heterocycles. The first-order valence-corrected chi connectivity index (χ1v) is 6.06. The van der Waals surface area contributed by atoms with Crippen molar-refractivity contribution in [2.45, 2.75) is 19.9 Å². The zero-order valence-corrected chi connectivity index (χ0v) is 10.5. The van der Waals surface area contributed by atoms with Gasteiger partial charge in [0.05, 0.1) is 10.9 Å². The van der Waals surface area contributed by atoms with E-state index < -0.39 is 0 Å². The average molecular weight is 247 g/mol. The Morgan fingerprint density at radius 3 is 2.87 bits per heavy atom. The lowest BCUT2D eigenvalue weighted by molar-refractivity contribution is 0.207. The highest BCUT2D eigenvalue weighted by molar-refractivity contribution is 7.16. The molecule has 0 aliphatic carbocycles. The standard InChI is InChI=1S/C10H15ClN2OS/c1-3-6-12-10(14)13(2)7-8-4-5-9(11)15-8/h4-5H,3,6-7H2,1-2H3,(H,12,14). The summed E-state index contributed by atoms with van der Waals surface area (Å²) >= 11 is 7.31. The summed E-state index contributed by atoms with van der Waals surface area (Å²) in [5.41, 5.74) is 0. The molecule has 1 rings (SSSR count). The molecule has 1 heterocycles. The number of urea groups is 1. The predicted molar refractivity (Wildman–Crippen MR) is 64.5 cm³/mol. The molecule has 0 bridgehead atoms. The minimum absolute atomic E-state index is 0.0404. The summed E-state index contributed by atoms with van der Waals surface area (Å²) < 4.78 is 0.757. The third kappa shape index (κ3) is 4.10. The number of nitrogens with zero attached hydrogens (tertiary/aromatic N) is 1. The van der Waals surface area contributed by atoms with Crippen molar-refractivity contribution in [3.05, 3.63) is 21.3 Å². The van der Waals surface area contributed by atoms with Gasteiger partial charge in [-0.3, -0.25) is 0 Å². The minimum Gasteiger partial charge on any atom is -0.338 e. The van der Waals surface area contributed by atoms with E-state index in [2.05, 4.69) is 5.32 Å². The molecule has 0 spiro atoms. The van der Waals surface area contributed by atoms with Gasteiger partial charge in [0.2, 0.25) is 0 Å². The van der Waals surface area contributed by atoms with E-state index in [1.54, 1.807) is 11.9 Å². The quantitative estimate of drug-likeness (QED) is 0.871. The monoisotopic (exact) mass is 246 g/mol. The number of hydrogen-bond acceptors (Lipinski definition) is 2. The molecule has 0 fully saturated rings. The molecule has 2 amide bonds. The second-order valence-corrected chi connectivity index (χ2v) is 5.09. The van der Waals surface area contributed by atoms with Crippen molar-refractivity contribution in [1.82, 2.24) is 10.2 Å². The number of carbonyl (C=O) groups excluding carboxylic acids is 1. The Balaban J connectivity index is 2.41. The van der Waals surface area contributed by atoms with Crippen LogP contribution in [0.15, 0.2) is 12.1 Å². The number of nitrogens with one attached hydrogen (secondary N) is 1. The first-order chi connectivity index (χ1) is 7.13. The van der Waals surface area contributed by atoms with Crippen LogP contribution in [0, 0.1) is 0 Å². The Kier molecular flexibility index (Phi) is 4.91. The number of hydrogen-bond donors (Lipinski definition) is 1. The number of amides is 2. The summed E-state index contributed by atoms with van der Waals surface area (Å²) in [7, 11) is 1.78. The molecule has 5 heteroatoms. The molecule has 3 nitrogen and oxygen atoms in total. The van der Waals surface area contributed by atoms with Crippen LogP contribution in [-0.2, 0) is 6.54 Å². The summed E-state index contributed by atoms with van der Waals surface area (Å²) in [5.74, 6) is 0. The highest BCUT2D eigenvalue weighted by Crippen LogP contribution is 2.22. The van der Waals surface area contributed by atoms with E-state index in [9.17, 15) is 4.79 Å². The fourth-order valence-electron chi connectivity index (χ4n) is 1.11. The predicted octanol–water partition coefficient (Wildman–Crippen LogP) is 2.95. The van der Waals surface area contributed by atoms with Crippen molar-refractivity contribution in [3.8, 4) is 0 Å². The molecule has 0 unspecified atom stereocenters. The fourth-order valence-corrected chi connectivity index (χ4v) is 2.25. The van der Waals surface area contributed by atoms with E-state index in [-0.39, 0.29) is 6.03 Å². The Labute approximate surface area is 99.0 Å². The van der Waals surface area contributed by atoms with Gasteiger partial charge in [-0.2, -0.15) is 0 Å². The first-order valence-electron chi connectivity index (χ1n) is 4.86. The van der Waals surface area contributed by atoms with Crippen molar-refractivity contribution >= 4 is 29.0 Å². The van der Waals surface area contributed by atoms with E-state index in [4.69, 9.17) is 11.6 Å². The summed E-state index contributed by atoms with van der Waals surface area (Å²) in [6.45, 7) is 3.35. The van der Waals surface area contributed by atoms with Gasteiger partial charge in [-0.15, -0.1) is 11.3 Å². The van der Waals surface area contributed by atoms with E-state index >= 15 is 0 Å². The molecule has 0 aliphatic heterocycles. The maximum Gasteiger partial charge on any atom is 0.317 e. The Morgan fingerprint density at radius 2 is 2.33 bits per heavy atom. The molecule has 0 saturated carbocycles. The van der Waals surface area contributed by atoms with E-state index in [0.29, 0.717) is 13.1 Å². The summed E-state index contributed by atoms with van der Waals surface area (Å²) in [4.78, 5) is 14.2. The molecule has 15 heavy (non-hydrogen) atoms. The van der Waals surface area contributed by atoms with E-state index in [1.165, 1.54) is 11.3 Å². The van der Waals surface area contributed by atoms with Gasteiger partial charge >= 0.3 is 6.03 Å². The van der Waals surface area contributed by atoms with Crippen LogP contribution in [0.25, 0.3) is 0 Å². The van der Waals surface area contributed by atoms with Crippen LogP contribution in [-0.4, -0.2) is 24.5 Å². The molecule has 0 radical (unpaired) electrons. The van der Waals surface area contributed by atoms with Gasteiger partial charge < -0.3 is 10.2 Å². The smallest absolute Gasteiger partial charge is 0.317 e. The van der Waals surface area contributed by atoms with Gasteiger partial charge in [0.1, 0.15) is 0 Å². The summed E-state index contributed by atoms with van der Waals surface area (Å²) in [5, 5.41) is 2.82. The van der Waals surface area contributed by atoms with Crippen molar-refractivity contribution < 1.29 is 4.79 Å². The molecule has 1 N–H and O–H groups in total. The highest BCUT2D eigenvalue weighted by Gasteiger charge is 2.08. The van der Waals surface area contributed by atoms with Crippen LogP contribution in [0.2, 0.25) is 4.34 Å². The lowest BCUT2D eigenvalue weighted by Crippen LogP contribution is -2.36. The molecule has 0 aliphatic rings. The third-order valence-corrected chi connectivity index (χ3v) is 3.11. The number of halogens is 1. The molecular weight excluding hydrogens is 232 g/mol. The topological polar surface area (TPSA) is 32.3 Å². The Bertz CT molecular complexity index is 327. The van der Waals surface area contributed by atoms with Gasteiger partial charge in [0.15, 0.2) is 0 Å². The second kappa shape index (κ2) is 5.98. The summed E-state index contributed by atoms with van der Waals surface area (Å²) in [6.07, 6.45) is 0.949.